The van der Waals surface area contributed by atoms with Crippen molar-refractivity contribution in [1.29, 1.82) is 0 Å². The third kappa shape index (κ3) is 5.12. The van der Waals surface area contributed by atoms with E-state index >= 15 is 0 Å². The van der Waals surface area contributed by atoms with Crippen LogP contribution in [0.2, 0.25) is 0 Å². The fraction of sp³-hybridized carbons (Fsp3) is 0.350. The van der Waals surface area contributed by atoms with Crippen molar-refractivity contribution in [2.24, 2.45) is 11.7 Å². The number of nitrogens with two attached hydrogens (primary N) is 1. The normalized spacial score (nSPS) is 14.5. The Labute approximate surface area is 162 Å². The molecule has 28 heavy (non-hydrogen) atoms. The predicted molar refractivity (Wildman–Crippen MR) is 98.3 cm³/mol. The fourth-order valence-electron chi connectivity index (χ4n) is 2.94. The van der Waals surface area contributed by atoms with Gasteiger partial charge in [-0.1, -0.05) is 18.2 Å². The van der Waals surface area contributed by atoms with E-state index in [4.69, 9.17) is 19.6 Å². The predicted octanol–water partition coefficient (Wildman–Crippen LogP) is 1.74. The van der Waals surface area contributed by atoms with Crippen LogP contribution in [0.15, 0.2) is 46.9 Å². The number of hydrogen-bond acceptors (Lipinski definition) is 6. The van der Waals surface area contributed by atoms with Crippen LogP contribution in [0.5, 0.6) is 5.75 Å². The Kier molecular flexibility index (Phi) is 6.31. The van der Waals surface area contributed by atoms with Gasteiger partial charge in [-0.05, 0) is 37.1 Å². The van der Waals surface area contributed by atoms with Gasteiger partial charge in [0, 0.05) is 19.0 Å². The van der Waals surface area contributed by atoms with Crippen LogP contribution in [0.25, 0.3) is 0 Å². The first-order valence-corrected chi connectivity index (χ1v) is 9.03. The molecule has 0 spiro atoms. The largest absolute Gasteiger partial charge is 0.486 e. The van der Waals surface area contributed by atoms with Crippen molar-refractivity contribution in [3.05, 3.63) is 54.0 Å². The summed E-state index contributed by atoms with van der Waals surface area (Å²) >= 11 is 0. The number of rotatable bonds is 7. The first-order chi connectivity index (χ1) is 13.5. The molecule has 3 rings (SSSR count). The summed E-state index contributed by atoms with van der Waals surface area (Å²) in [5.41, 5.74) is 5.28. The van der Waals surface area contributed by atoms with Gasteiger partial charge >= 0.3 is 5.97 Å². The fourth-order valence-corrected chi connectivity index (χ4v) is 2.94. The van der Waals surface area contributed by atoms with E-state index in [1.54, 1.807) is 11.0 Å². The molecule has 1 saturated heterocycles. The van der Waals surface area contributed by atoms with Crippen LogP contribution in [-0.2, 0) is 20.9 Å². The number of para-hydroxylation sites is 1. The maximum Gasteiger partial charge on any atom is 0.374 e. The summed E-state index contributed by atoms with van der Waals surface area (Å²) in [6.45, 7) is 0.638. The second kappa shape index (κ2) is 9.07. The summed E-state index contributed by atoms with van der Waals surface area (Å²) in [5, 5.41) is 0. The lowest BCUT2D eigenvalue weighted by atomic mass is 9.96. The van der Waals surface area contributed by atoms with Crippen LogP contribution in [-0.4, -0.2) is 42.4 Å². The van der Waals surface area contributed by atoms with E-state index in [2.05, 4.69) is 0 Å². The number of nitrogens with zero attached hydrogens (tertiary/aromatic N) is 1. The summed E-state index contributed by atoms with van der Waals surface area (Å²) in [4.78, 5) is 37.0. The lowest BCUT2D eigenvalue weighted by Gasteiger charge is -2.30. The highest BCUT2D eigenvalue weighted by molar-refractivity contribution is 5.89. The number of benzene rings is 1. The smallest absolute Gasteiger partial charge is 0.374 e. The van der Waals surface area contributed by atoms with Gasteiger partial charge in [-0.15, -0.1) is 0 Å². The van der Waals surface area contributed by atoms with Crippen molar-refractivity contribution < 1.29 is 28.3 Å². The average Bonchev–Trinajstić information content (AvgIpc) is 3.20. The number of amides is 2. The maximum atomic E-state index is 12.2. The van der Waals surface area contributed by atoms with Gasteiger partial charge in [-0.25, -0.2) is 4.79 Å². The quantitative estimate of drug-likeness (QED) is 0.726. The molecule has 0 unspecified atom stereocenters. The van der Waals surface area contributed by atoms with E-state index in [0.29, 0.717) is 37.4 Å². The van der Waals surface area contributed by atoms with E-state index in [1.807, 2.05) is 30.3 Å². The highest BCUT2D eigenvalue weighted by Crippen LogP contribution is 2.17. The lowest BCUT2D eigenvalue weighted by Crippen LogP contribution is -2.43. The molecule has 0 atom stereocenters. The third-order valence-corrected chi connectivity index (χ3v) is 4.56. The summed E-state index contributed by atoms with van der Waals surface area (Å²) in [6, 6.07) is 12.3. The Bertz CT molecular complexity index is 824. The Hall–Kier alpha value is -3.29. The van der Waals surface area contributed by atoms with Gasteiger partial charge in [-0.2, -0.15) is 0 Å². The minimum absolute atomic E-state index is 0.00639. The van der Waals surface area contributed by atoms with Gasteiger partial charge in [0.25, 0.3) is 5.91 Å². The number of ether oxygens (including phenoxy) is 2. The zero-order valence-corrected chi connectivity index (χ0v) is 15.3. The molecule has 1 fully saturated rings. The first-order valence-electron chi connectivity index (χ1n) is 9.03. The van der Waals surface area contributed by atoms with Gasteiger partial charge in [0.05, 0.1) is 0 Å². The third-order valence-electron chi connectivity index (χ3n) is 4.56. The number of likely N-dealkylation sites (tertiary alicyclic amines) is 1. The van der Waals surface area contributed by atoms with Crippen LogP contribution >= 0.6 is 0 Å². The second-order valence-electron chi connectivity index (χ2n) is 6.50. The van der Waals surface area contributed by atoms with E-state index in [1.165, 1.54) is 6.07 Å². The molecule has 1 aromatic heterocycles. The molecule has 0 bridgehead atoms. The minimum atomic E-state index is -0.716. The molecular formula is C20H22N2O6. The molecule has 0 saturated carbocycles. The number of piperidine rings is 1. The number of carbonyl (C=O) groups excluding carboxylic acids is 3. The molecule has 0 radical (unpaired) electrons. The number of primary amides is 1. The van der Waals surface area contributed by atoms with Crippen LogP contribution in [0.1, 0.15) is 29.2 Å². The van der Waals surface area contributed by atoms with E-state index in [-0.39, 0.29) is 36.7 Å². The maximum absolute atomic E-state index is 12.2. The average molecular weight is 386 g/mol. The van der Waals surface area contributed by atoms with Crippen LogP contribution < -0.4 is 10.5 Å². The van der Waals surface area contributed by atoms with Crippen molar-refractivity contribution >= 4 is 17.8 Å². The molecule has 2 heterocycles. The molecule has 2 aromatic rings. The summed E-state index contributed by atoms with van der Waals surface area (Å²) in [5.74, 6) is -0.410. The molecule has 0 aliphatic carbocycles. The van der Waals surface area contributed by atoms with Crippen LogP contribution in [0, 0.1) is 5.92 Å². The van der Waals surface area contributed by atoms with Gasteiger partial charge < -0.3 is 24.5 Å². The Balaban J connectivity index is 1.43. The molecule has 1 aliphatic rings. The summed E-state index contributed by atoms with van der Waals surface area (Å²) in [6.07, 6.45) is 1.05. The van der Waals surface area contributed by atoms with Gasteiger partial charge in [0.1, 0.15) is 18.1 Å². The molecule has 148 valence electrons. The number of carbonyl (C=O) groups is 3. The molecule has 1 aliphatic heterocycles. The molecule has 8 heteroatoms. The number of hydrogen-bond donors (Lipinski definition) is 1. The molecular weight excluding hydrogens is 364 g/mol. The van der Waals surface area contributed by atoms with Crippen molar-refractivity contribution in [1.82, 2.24) is 4.90 Å². The second-order valence-corrected chi connectivity index (χ2v) is 6.50. The standard InChI is InChI=1S/C20H22N2O6/c21-19(24)14-8-10-22(11-9-14)18(23)13-27-20(25)17-7-6-16(28-17)12-26-15-4-2-1-3-5-15/h1-7,14H,8-13H2,(H2,21,24). The van der Waals surface area contributed by atoms with Gasteiger partial charge in [-0.3, -0.25) is 9.59 Å². The van der Waals surface area contributed by atoms with Crippen molar-refractivity contribution in [3.63, 3.8) is 0 Å². The number of esters is 1. The van der Waals surface area contributed by atoms with Crippen molar-refractivity contribution in [2.45, 2.75) is 19.4 Å². The SMILES string of the molecule is NC(=O)C1CCN(C(=O)COC(=O)c2ccc(COc3ccccc3)o2)CC1. The van der Waals surface area contributed by atoms with E-state index in [9.17, 15) is 14.4 Å². The van der Waals surface area contributed by atoms with Crippen LogP contribution in [0.4, 0.5) is 0 Å². The first kappa shape index (κ1) is 19.5. The van der Waals surface area contributed by atoms with E-state index < -0.39 is 5.97 Å². The lowest BCUT2D eigenvalue weighted by molar-refractivity contribution is -0.137. The van der Waals surface area contributed by atoms with Crippen molar-refractivity contribution in [2.75, 3.05) is 19.7 Å². The monoisotopic (exact) mass is 386 g/mol. The van der Waals surface area contributed by atoms with Gasteiger partial charge in [0.15, 0.2) is 6.61 Å². The molecule has 1 aromatic carbocycles. The molecule has 2 N–H and O–H groups in total. The minimum Gasteiger partial charge on any atom is -0.486 e. The zero-order valence-electron chi connectivity index (χ0n) is 15.3. The Morgan fingerprint density at radius 2 is 1.79 bits per heavy atom. The van der Waals surface area contributed by atoms with Crippen LogP contribution in [0.3, 0.4) is 0 Å². The molecule has 8 nitrogen and oxygen atoms in total. The topological polar surface area (TPSA) is 112 Å². The Morgan fingerprint density at radius 3 is 2.46 bits per heavy atom. The van der Waals surface area contributed by atoms with Crippen molar-refractivity contribution in [3.8, 4) is 5.75 Å². The summed E-state index contributed by atoms with van der Waals surface area (Å²) < 4.78 is 16.0. The van der Waals surface area contributed by atoms with E-state index in [0.717, 1.165) is 0 Å². The Morgan fingerprint density at radius 1 is 1.07 bits per heavy atom. The highest BCUT2D eigenvalue weighted by atomic mass is 16.6. The molecule has 2 amide bonds. The number of furan rings is 1. The van der Waals surface area contributed by atoms with Gasteiger partial charge in [0.2, 0.25) is 11.7 Å². The highest BCUT2D eigenvalue weighted by Gasteiger charge is 2.26. The zero-order chi connectivity index (χ0) is 19.9. The summed E-state index contributed by atoms with van der Waals surface area (Å²) in [7, 11) is 0.